The van der Waals surface area contributed by atoms with Gasteiger partial charge in [-0.1, -0.05) is 18.2 Å². The molecule has 0 saturated carbocycles. The van der Waals surface area contributed by atoms with Crippen molar-refractivity contribution in [3.05, 3.63) is 46.4 Å². The fourth-order valence-electron chi connectivity index (χ4n) is 2.32. The Morgan fingerprint density at radius 3 is 2.68 bits per heavy atom. The molecular formula is C19H28IN5O2S. The molecule has 0 fully saturated rings. The molecular weight excluding hydrogens is 489 g/mol. The Morgan fingerprint density at radius 1 is 1.29 bits per heavy atom. The van der Waals surface area contributed by atoms with Gasteiger partial charge in [-0.15, -0.1) is 35.3 Å². The molecule has 1 aromatic carbocycles. The minimum atomic E-state index is -0.0974. The number of benzene rings is 1. The monoisotopic (exact) mass is 517 g/mol. The molecule has 0 aliphatic carbocycles. The van der Waals surface area contributed by atoms with Crippen LogP contribution in [0.4, 0.5) is 0 Å². The SMILES string of the molecule is CCNC(=NCCNC(=O)c1scnc1C)N(C)CCOc1ccccc1.I. The smallest absolute Gasteiger partial charge is 0.263 e. The van der Waals surface area contributed by atoms with Crippen LogP contribution in [0.15, 0.2) is 40.8 Å². The molecule has 0 aliphatic rings. The van der Waals surface area contributed by atoms with E-state index in [9.17, 15) is 4.79 Å². The zero-order valence-corrected chi connectivity index (χ0v) is 19.6. The standard InChI is InChI=1S/C19H27N5O2S.HI/c1-4-20-19(24(3)12-13-26-16-8-6-5-7-9-16)22-11-10-21-18(25)17-15(2)23-14-27-17;/h5-9,14H,4,10-13H2,1-3H3,(H,20,22)(H,21,25);1H. The summed E-state index contributed by atoms with van der Waals surface area (Å²) in [4.78, 5) is 23.4. The van der Waals surface area contributed by atoms with Crippen LogP contribution in [0.25, 0.3) is 0 Å². The molecule has 2 N–H and O–H groups in total. The first-order valence-electron chi connectivity index (χ1n) is 8.97. The summed E-state index contributed by atoms with van der Waals surface area (Å²) in [6.07, 6.45) is 0. The van der Waals surface area contributed by atoms with Gasteiger partial charge in [-0.3, -0.25) is 9.79 Å². The third kappa shape index (κ3) is 8.01. The fourth-order valence-corrected chi connectivity index (χ4v) is 3.04. The highest BCUT2D eigenvalue weighted by Gasteiger charge is 2.11. The maximum Gasteiger partial charge on any atom is 0.263 e. The van der Waals surface area contributed by atoms with Crippen molar-refractivity contribution >= 4 is 47.2 Å². The van der Waals surface area contributed by atoms with Gasteiger partial charge in [-0.25, -0.2) is 4.98 Å². The number of aliphatic imine (C=N–C) groups is 1. The van der Waals surface area contributed by atoms with Crippen LogP contribution >= 0.6 is 35.3 Å². The number of amides is 1. The number of hydrogen-bond acceptors (Lipinski definition) is 5. The summed E-state index contributed by atoms with van der Waals surface area (Å²) in [6.45, 7) is 6.86. The summed E-state index contributed by atoms with van der Waals surface area (Å²) in [5, 5.41) is 6.14. The summed E-state index contributed by atoms with van der Waals surface area (Å²) < 4.78 is 5.73. The summed E-state index contributed by atoms with van der Waals surface area (Å²) in [5.41, 5.74) is 2.44. The maximum atomic E-state index is 12.1. The second-order valence-electron chi connectivity index (χ2n) is 5.84. The van der Waals surface area contributed by atoms with Gasteiger partial charge in [-0.2, -0.15) is 0 Å². The molecule has 28 heavy (non-hydrogen) atoms. The molecule has 0 saturated heterocycles. The minimum absolute atomic E-state index is 0. The van der Waals surface area contributed by atoms with E-state index >= 15 is 0 Å². The van der Waals surface area contributed by atoms with E-state index in [2.05, 4.69) is 20.6 Å². The highest BCUT2D eigenvalue weighted by Crippen LogP contribution is 2.11. The van der Waals surface area contributed by atoms with Gasteiger partial charge in [0.1, 0.15) is 17.2 Å². The van der Waals surface area contributed by atoms with Crippen LogP contribution in [0, 0.1) is 6.92 Å². The Labute approximate surface area is 187 Å². The van der Waals surface area contributed by atoms with Crippen LogP contribution in [0.3, 0.4) is 0 Å². The van der Waals surface area contributed by atoms with Crippen molar-refractivity contribution in [2.75, 3.05) is 39.8 Å². The lowest BCUT2D eigenvalue weighted by atomic mass is 10.3. The molecule has 0 aliphatic heterocycles. The number of halogens is 1. The molecule has 2 rings (SSSR count). The first-order chi connectivity index (χ1) is 13.1. The number of aromatic nitrogens is 1. The quantitative estimate of drug-likeness (QED) is 0.232. The molecule has 0 atom stereocenters. The maximum absolute atomic E-state index is 12.1. The Bertz CT molecular complexity index is 739. The lowest BCUT2D eigenvalue weighted by Gasteiger charge is -2.22. The van der Waals surface area contributed by atoms with Crippen LogP contribution < -0.4 is 15.4 Å². The van der Waals surface area contributed by atoms with Crippen molar-refractivity contribution in [1.29, 1.82) is 0 Å². The van der Waals surface area contributed by atoms with Crippen molar-refractivity contribution in [3.63, 3.8) is 0 Å². The Kier molecular flexibility index (Phi) is 11.5. The molecule has 0 bridgehead atoms. The number of hydrogen-bond donors (Lipinski definition) is 2. The van der Waals surface area contributed by atoms with E-state index < -0.39 is 0 Å². The molecule has 0 unspecified atom stereocenters. The molecule has 1 aromatic heterocycles. The summed E-state index contributed by atoms with van der Waals surface area (Å²) >= 11 is 1.35. The first-order valence-corrected chi connectivity index (χ1v) is 9.85. The lowest BCUT2D eigenvalue weighted by molar-refractivity contribution is 0.0958. The Balaban J connectivity index is 0.00000392. The zero-order chi connectivity index (χ0) is 19.5. The average Bonchev–Trinajstić information content (AvgIpc) is 3.11. The summed E-state index contributed by atoms with van der Waals surface area (Å²) in [7, 11) is 1.97. The zero-order valence-electron chi connectivity index (χ0n) is 16.5. The van der Waals surface area contributed by atoms with Crippen molar-refractivity contribution < 1.29 is 9.53 Å². The van der Waals surface area contributed by atoms with Crippen LogP contribution in [0.5, 0.6) is 5.75 Å². The van der Waals surface area contributed by atoms with E-state index in [0.717, 1.165) is 23.9 Å². The van der Waals surface area contributed by atoms with E-state index in [1.807, 2.05) is 56.1 Å². The predicted octanol–water partition coefficient (Wildman–Crippen LogP) is 2.78. The number of thiazole rings is 1. The number of likely N-dealkylation sites (N-methyl/N-ethyl adjacent to an activating group) is 1. The van der Waals surface area contributed by atoms with E-state index in [1.54, 1.807) is 5.51 Å². The minimum Gasteiger partial charge on any atom is -0.492 e. The number of rotatable bonds is 9. The van der Waals surface area contributed by atoms with Gasteiger partial charge < -0.3 is 20.3 Å². The van der Waals surface area contributed by atoms with E-state index in [-0.39, 0.29) is 29.9 Å². The van der Waals surface area contributed by atoms with Crippen LogP contribution in [-0.4, -0.2) is 61.6 Å². The average molecular weight is 517 g/mol. The van der Waals surface area contributed by atoms with Crippen molar-refractivity contribution in [1.82, 2.24) is 20.5 Å². The summed E-state index contributed by atoms with van der Waals surface area (Å²) in [6, 6.07) is 9.74. The van der Waals surface area contributed by atoms with E-state index in [4.69, 9.17) is 4.74 Å². The number of para-hydroxylation sites is 1. The van der Waals surface area contributed by atoms with E-state index in [0.29, 0.717) is 31.1 Å². The van der Waals surface area contributed by atoms with Crippen molar-refractivity contribution in [2.24, 2.45) is 4.99 Å². The molecule has 2 aromatic rings. The topological polar surface area (TPSA) is 78.8 Å². The highest BCUT2D eigenvalue weighted by molar-refractivity contribution is 14.0. The van der Waals surface area contributed by atoms with Gasteiger partial charge in [0.05, 0.1) is 24.3 Å². The molecule has 0 spiro atoms. The fraction of sp³-hybridized carbons (Fsp3) is 0.421. The summed E-state index contributed by atoms with van der Waals surface area (Å²) in [5.74, 6) is 1.55. The van der Waals surface area contributed by atoms with Gasteiger partial charge in [0, 0.05) is 20.1 Å². The Morgan fingerprint density at radius 2 is 2.04 bits per heavy atom. The number of carbonyl (C=O) groups excluding carboxylic acids is 1. The third-order valence-corrected chi connectivity index (χ3v) is 4.67. The second-order valence-corrected chi connectivity index (χ2v) is 6.70. The van der Waals surface area contributed by atoms with Gasteiger partial charge in [0.15, 0.2) is 5.96 Å². The van der Waals surface area contributed by atoms with Gasteiger partial charge >= 0.3 is 0 Å². The van der Waals surface area contributed by atoms with Gasteiger partial charge in [0.2, 0.25) is 0 Å². The second kappa shape index (κ2) is 13.3. The van der Waals surface area contributed by atoms with Crippen LogP contribution in [0.1, 0.15) is 22.3 Å². The molecule has 1 amide bonds. The normalized spacial score (nSPS) is 10.8. The molecule has 0 radical (unpaired) electrons. The molecule has 154 valence electrons. The predicted molar refractivity (Wildman–Crippen MR) is 125 cm³/mol. The largest absolute Gasteiger partial charge is 0.492 e. The number of nitrogens with one attached hydrogen (secondary N) is 2. The lowest BCUT2D eigenvalue weighted by Crippen LogP contribution is -2.41. The van der Waals surface area contributed by atoms with Crippen molar-refractivity contribution in [3.8, 4) is 5.75 Å². The van der Waals surface area contributed by atoms with Gasteiger partial charge in [-0.05, 0) is 26.0 Å². The van der Waals surface area contributed by atoms with Crippen molar-refractivity contribution in [2.45, 2.75) is 13.8 Å². The Hall–Kier alpha value is -1.88. The number of ether oxygens (including phenoxy) is 1. The molecule has 1 heterocycles. The highest BCUT2D eigenvalue weighted by atomic mass is 127. The number of nitrogens with zero attached hydrogens (tertiary/aromatic N) is 3. The molecule has 7 nitrogen and oxygen atoms in total. The van der Waals surface area contributed by atoms with Crippen LogP contribution in [0.2, 0.25) is 0 Å². The number of aryl methyl sites for hydroxylation is 1. The number of carbonyl (C=O) groups is 1. The molecule has 9 heteroatoms. The van der Waals surface area contributed by atoms with E-state index in [1.165, 1.54) is 11.3 Å². The van der Waals surface area contributed by atoms with Crippen LogP contribution in [-0.2, 0) is 0 Å². The third-order valence-electron chi connectivity index (χ3n) is 3.75. The van der Waals surface area contributed by atoms with Gasteiger partial charge in [0.25, 0.3) is 5.91 Å². The first kappa shape index (κ1) is 24.2. The number of guanidine groups is 1.